The SMILES string of the molecule is COc1ccc(NC(=O)N[C@@H]2CCN(CC(F)(F)F)C2)cc1C. The number of anilines is 1. The highest BCUT2D eigenvalue weighted by Gasteiger charge is 2.34. The van der Waals surface area contributed by atoms with Gasteiger partial charge in [0.05, 0.1) is 13.7 Å². The molecule has 0 bridgehead atoms. The van der Waals surface area contributed by atoms with Crippen LogP contribution < -0.4 is 15.4 Å². The number of hydrogen-bond acceptors (Lipinski definition) is 3. The number of urea groups is 1. The second-order valence-electron chi connectivity index (χ2n) is 5.62. The van der Waals surface area contributed by atoms with Crippen molar-refractivity contribution in [3.8, 4) is 5.75 Å². The Hall–Kier alpha value is -1.96. The van der Waals surface area contributed by atoms with Crippen LogP contribution in [0.15, 0.2) is 18.2 Å². The topological polar surface area (TPSA) is 53.6 Å². The fraction of sp³-hybridized carbons (Fsp3) is 0.533. The molecule has 2 amide bonds. The summed E-state index contributed by atoms with van der Waals surface area (Å²) in [6.07, 6.45) is -3.71. The van der Waals surface area contributed by atoms with Crippen molar-refractivity contribution in [1.82, 2.24) is 10.2 Å². The fourth-order valence-corrected chi connectivity index (χ4v) is 2.66. The predicted octanol–water partition coefficient (Wildman–Crippen LogP) is 2.76. The lowest BCUT2D eigenvalue weighted by Gasteiger charge is -2.18. The van der Waals surface area contributed by atoms with E-state index in [9.17, 15) is 18.0 Å². The van der Waals surface area contributed by atoms with E-state index in [0.717, 1.165) is 11.3 Å². The van der Waals surface area contributed by atoms with Crippen LogP contribution in [0.4, 0.5) is 23.7 Å². The third kappa shape index (κ3) is 5.31. The van der Waals surface area contributed by atoms with Crippen LogP contribution in [-0.2, 0) is 0 Å². The molecule has 1 aromatic rings. The molecular weight excluding hydrogens is 311 g/mol. The fourth-order valence-electron chi connectivity index (χ4n) is 2.66. The van der Waals surface area contributed by atoms with Gasteiger partial charge in [-0.1, -0.05) is 0 Å². The number of rotatable bonds is 4. The molecule has 1 aliphatic rings. The van der Waals surface area contributed by atoms with E-state index in [1.54, 1.807) is 25.3 Å². The second-order valence-corrected chi connectivity index (χ2v) is 5.62. The minimum atomic E-state index is -4.21. The minimum absolute atomic E-state index is 0.203. The Morgan fingerprint density at radius 3 is 2.78 bits per heavy atom. The first kappa shape index (κ1) is 17.4. The smallest absolute Gasteiger partial charge is 0.401 e. The number of carbonyl (C=O) groups is 1. The van der Waals surface area contributed by atoms with E-state index >= 15 is 0 Å². The lowest BCUT2D eigenvalue weighted by atomic mass is 10.2. The van der Waals surface area contributed by atoms with Gasteiger partial charge in [-0.3, -0.25) is 4.90 Å². The van der Waals surface area contributed by atoms with E-state index in [0.29, 0.717) is 18.7 Å². The molecule has 1 saturated heterocycles. The number of methoxy groups -OCH3 is 1. The number of amides is 2. The maximum absolute atomic E-state index is 12.3. The lowest BCUT2D eigenvalue weighted by Crippen LogP contribution is -2.41. The summed E-state index contributed by atoms with van der Waals surface area (Å²) in [6, 6.07) is 4.51. The van der Waals surface area contributed by atoms with Gasteiger partial charge in [0.15, 0.2) is 0 Å². The molecule has 0 unspecified atom stereocenters. The molecule has 1 fully saturated rings. The number of hydrogen-bond donors (Lipinski definition) is 2. The largest absolute Gasteiger partial charge is 0.496 e. The van der Waals surface area contributed by atoms with Crippen LogP contribution in [-0.4, -0.2) is 49.9 Å². The summed E-state index contributed by atoms with van der Waals surface area (Å²) in [5, 5.41) is 5.38. The number of nitrogens with one attached hydrogen (secondary N) is 2. The third-order valence-corrected chi connectivity index (χ3v) is 3.66. The number of nitrogens with zero attached hydrogens (tertiary/aromatic N) is 1. The van der Waals surface area contributed by atoms with Crippen LogP contribution in [0.1, 0.15) is 12.0 Å². The van der Waals surface area contributed by atoms with Gasteiger partial charge in [0.2, 0.25) is 0 Å². The van der Waals surface area contributed by atoms with Gasteiger partial charge in [0, 0.05) is 24.8 Å². The maximum atomic E-state index is 12.3. The number of alkyl halides is 3. The summed E-state index contributed by atoms with van der Waals surface area (Å²) >= 11 is 0. The average Bonchev–Trinajstić information content (AvgIpc) is 2.83. The van der Waals surface area contributed by atoms with Gasteiger partial charge in [-0.2, -0.15) is 13.2 Å². The first-order valence-electron chi connectivity index (χ1n) is 7.28. The lowest BCUT2D eigenvalue weighted by molar-refractivity contribution is -0.143. The summed E-state index contributed by atoms with van der Waals surface area (Å²) in [7, 11) is 1.56. The highest BCUT2D eigenvalue weighted by molar-refractivity contribution is 5.89. The summed E-state index contributed by atoms with van der Waals surface area (Å²) in [4.78, 5) is 13.2. The predicted molar refractivity (Wildman–Crippen MR) is 80.8 cm³/mol. The molecule has 1 aliphatic heterocycles. The quantitative estimate of drug-likeness (QED) is 0.892. The van der Waals surface area contributed by atoms with Crippen molar-refractivity contribution in [2.75, 3.05) is 32.1 Å². The molecule has 23 heavy (non-hydrogen) atoms. The number of likely N-dealkylation sites (tertiary alicyclic amines) is 1. The van der Waals surface area contributed by atoms with E-state index in [1.807, 2.05) is 6.92 Å². The Kier molecular flexibility index (Phi) is 5.35. The van der Waals surface area contributed by atoms with E-state index in [4.69, 9.17) is 4.74 Å². The Morgan fingerprint density at radius 1 is 1.43 bits per heavy atom. The minimum Gasteiger partial charge on any atom is -0.496 e. The Labute approximate surface area is 132 Å². The number of aryl methyl sites for hydroxylation is 1. The van der Waals surface area contributed by atoms with Crippen LogP contribution in [0.5, 0.6) is 5.75 Å². The van der Waals surface area contributed by atoms with Crippen LogP contribution in [0.2, 0.25) is 0 Å². The number of carbonyl (C=O) groups excluding carboxylic acids is 1. The molecule has 0 spiro atoms. The van der Waals surface area contributed by atoms with Gasteiger partial charge >= 0.3 is 12.2 Å². The first-order chi connectivity index (χ1) is 10.8. The molecule has 2 N–H and O–H groups in total. The molecule has 1 aromatic carbocycles. The summed E-state index contributed by atoms with van der Waals surface area (Å²) in [6.45, 7) is 1.44. The zero-order chi connectivity index (χ0) is 17.0. The van der Waals surface area contributed by atoms with Crippen molar-refractivity contribution in [1.29, 1.82) is 0 Å². The van der Waals surface area contributed by atoms with E-state index < -0.39 is 18.8 Å². The second kappa shape index (κ2) is 7.08. The molecule has 1 atom stereocenters. The van der Waals surface area contributed by atoms with E-state index in [-0.39, 0.29) is 12.6 Å². The van der Waals surface area contributed by atoms with Crippen molar-refractivity contribution in [2.24, 2.45) is 0 Å². The van der Waals surface area contributed by atoms with Gasteiger partial charge in [-0.15, -0.1) is 0 Å². The molecular formula is C15H20F3N3O2. The molecule has 0 radical (unpaired) electrons. The molecule has 0 aliphatic carbocycles. The third-order valence-electron chi connectivity index (χ3n) is 3.66. The van der Waals surface area contributed by atoms with Crippen molar-refractivity contribution in [3.05, 3.63) is 23.8 Å². The van der Waals surface area contributed by atoms with Crippen LogP contribution in [0.3, 0.4) is 0 Å². The van der Waals surface area contributed by atoms with E-state index in [1.165, 1.54) is 4.90 Å². The van der Waals surface area contributed by atoms with Gasteiger partial charge < -0.3 is 15.4 Å². The molecule has 1 heterocycles. The molecule has 8 heteroatoms. The average molecular weight is 331 g/mol. The van der Waals surface area contributed by atoms with Crippen molar-refractivity contribution < 1.29 is 22.7 Å². The van der Waals surface area contributed by atoms with Crippen LogP contribution in [0, 0.1) is 6.92 Å². The molecule has 2 rings (SSSR count). The van der Waals surface area contributed by atoms with Crippen LogP contribution >= 0.6 is 0 Å². The standard InChI is InChI=1S/C15H20F3N3O2/c1-10-7-11(3-4-13(10)23-2)19-14(22)20-12-5-6-21(8-12)9-15(16,17)18/h3-4,7,12H,5-6,8-9H2,1-2H3,(H2,19,20,22)/t12-/m1/s1. The monoisotopic (exact) mass is 331 g/mol. The Balaban J connectivity index is 1.83. The van der Waals surface area contributed by atoms with Crippen molar-refractivity contribution in [2.45, 2.75) is 25.6 Å². The zero-order valence-corrected chi connectivity index (χ0v) is 13.0. The molecule has 128 valence electrons. The molecule has 5 nitrogen and oxygen atoms in total. The molecule has 0 saturated carbocycles. The number of ether oxygens (including phenoxy) is 1. The summed E-state index contributed by atoms with van der Waals surface area (Å²) in [5.74, 6) is 0.717. The Bertz CT molecular complexity index is 563. The molecule has 0 aromatic heterocycles. The maximum Gasteiger partial charge on any atom is 0.401 e. The Morgan fingerprint density at radius 2 is 2.17 bits per heavy atom. The summed E-state index contributed by atoms with van der Waals surface area (Å²) < 4.78 is 42.1. The number of benzene rings is 1. The van der Waals surface area contributed by atoms with Crippen molar-refractivity contribution in [3.63, 3.8) is 0 Å². The normalized spacial score (nSPS) is 18.7. The van der Waals surface area contributed by atoms with Crippen LogP contribution in [0.25, 0.3) is 0 Å². The van der Waals surface area contributed by atoms with Crippen molar-refractivity contribution >= 4 is 11.7 Å². The highest BCUT2D eigenvalue weighted by Crippen LogP contribution is 2.22. The summed E-state index contributed by atoms with van der Waals surface area (Å²) in [5.41, 5.74) is 1.48. The number of halogens is 3. The zero-order valence-electron chi connectivity index (χ0n) is 13.0. The van der Waals surface area contributed by atoms with Gasteiger partial charge in [0.1, 0.15) is 5.75 Å². The van der Waals surface area contributed by atoms with Gasteiger partial charge in [0.25, 0.3) is 0 Å². The van der Waals surface area contributed by atoms with Gasteiger partial charge in [-0.05, 0) is 37.1 Å². The first-order valence-corrected chi connectivity index (χ1v) is 7.28. The highest BCUT2D eigenvalue weighted by atomic mass is 19.4. The van der Waals surface area contributed by atoms with Gasteiger partial charge in [-0.25, -0.2) is 4.79 Å². The van der Waals surface area contributed by atoms with E-state index in [2.05, 4.69) is 10.6 Å².